The second kappa shape index (κ2) is 8.47. The summed E-state index contributed by atoms with van der Waals surface area (Å²) in [5.41, 5.74) is 0. The van der Waals surface area contributed by atoms with Crippen LogP contribution in [-0.2, 0) is 9.59 Å². The lowest BCUT2D eigenvalue weighted by Gasteiger charge is -2.43. The van der Waals surface area contributed by atoms with Crippen LogP contribution in [0.3, 0.4) is 0 Å². The minimum absolute atomic E-state index is 0.134. The summed E-state index contributed by atoms with van der Waals surface area (Å²) in [6.45, 7) is 6.63. The summed E-state index contributed by atoms with van der Waals surface area (Å²) in [4.78, 5) is 33.0. The van der Waals surface area contributed by atoms with E-state index in [1.165, 1.54) is 0 Å². The molecule has 3 heterocycles. The predicted octanol–water partition coefficient (Wildman–Crippen LogP) is -0.544. The van der Waals surface area contributed by atoms with E-state index >= 15 is 0 Å². The summed E-state index contributed by atoms with van der Waals surface area (Å²) >= 11 is 0. The van der Waals surface area contributed by atoms with Gasteiger partial charge in [0.25, 0.3) is 0 Å². The van der Waals surface area contributed by atoms with Crippen molar-refractivity contribution in [1.82, 2.24) is 19.6 Å². The lowest BCUT2D eigenvalue weighted by atomic mass is 9.92. The summed E-state index contributed by atoms with van der Waals surface area (Å²) in [7, 11) is 2.11. The van der Waals surface area contributed by atoms with Crippen LogP contribution in [0.15, 0.2) is 0 Å². The Hall–Kier alpha value is -1.18. The maximum Gasteiger partial charge on any atom is 0.248 e. The first kappa shape index (κ1) is 18.6. The van der Waals surface area contributed by atoms with Crippen molar-refractivity contribution in [3.8, 4) is 0 Å². The maximum atomic E-state index is 12.9. The quantitative estimate of drug-likeness (QED) is 0.739. The zero-order valence-electron chi connectivity index (χ0n) is 15.4. The van der Waals surface area contributed by atoms with Crippen LogP contribution in [0.4, 0.5) is 0 Å². The third-order valence-electron chi connectivity index (χ3n) is 6.09. The molecule has 1 atom stereocenters. The Balaban J connectivity index is 1.50. The van der Waals surface area contributed by atoms with Gasteiger partial charge < -0.3 is 19.8 Å². The van der Waals surface area contributed by atoms with E-state index in [9.17, 15) is 9.59 Å². The van der Waals surface area contributed by atoms with Crippen LogP contribution in [0.25, 0.3) is 0 Å². The molecule has 1 N–H and O–H groups in total. The highest BCUT2D eigenvalue weighted by Gasteiger charge is 2.34. The van der Waals surface area contributed by atoms with Gasteiger partial charge in [-0.3, -0.25) is 14.5 Å². The molecular weight excluding hydrogens is 320 g/mol. The van der Waals surface area contributed by atoms with E-state index in [1.807, 2.05) is 0 Å². The van der Waals surface area contributed by atoms with Crippen molar-refractivity contribution in [1.29, 1.82) is 0 Å². The average molecular weight is 352 g/mol. The van der Waals surface area contributed by atoms with Crippen LogP contribution in [0, 0.1) is 5.92 Å². The molecule has 0 aromatic carbocycles. The highest BCUT2D eigenvalue weighted by Crippen LogP contribution is 2.25. The Morgan fingerprint density at radius 2 is 1.60 bits per heavy atom. The van der Waals surface area contributed by atoms with Crippen molar-refractivity contribution >= 4 is 11.8 Å². The van der Waals surface area contributed by atoms with Gasteiger partial charge in [-0.2, -0.15) is 0 Å². The monoisotopic (exact) mass is 352 g/mol. The van der Waals surface area contributed by atoms with Crippen molar-refractivity contribution < 1.29 is 14.7 Å². The molecule has 2 amide bonds. The van der Waals surface area contributed by atoms with Crippen molar-refractivity contribution in [2.45, 2.75) is 31.7 Å². The Kier molecular flexibility index (Phi) is 6.30. The molecular formula is C18H32N4O3. The number of piperidine rings is 2. The third kappa shape index (κ3) is 4.51. The first-order valence-electron chi connectivity index (χ1n) is 9.68. The second-order valence-electron chi connectivity index (χ2n) is 7.73. The Morgan fingerprint density at radius 3 is 2.24 bits per heavy atom. The molecule has 3 aliphatic heterocycles. The number of rotatable bonds is 3. The molecule has 0 unspecified atom stereocenters. The lowest BCUT2D eigenvalue weighted by Crippen LogP contribution is -2.54. The van der Waals surface area contributed by atoms with E-state index in [2.05, 4.69) is 21.7 Å². The number of hydrogen-bond donors (Lipinski definition) is 1. The number of amides is 2. The van der Waals surface area contributed by atoms with Crippen LogP contribution < -0.4 is 0 Å². The van der Waals surface area contributed by atoms with Gasteiger partial charge in [-0.15, -0.1) is 0 Å². The average Bonchev–Trinajstić information content (AvgIpc) is 2.67. The van der Waals surface area contributed by atoms with Crippen LogP contribution in [-0.4, -0.2) is 109 Å². The molecule has 0 spiro atoms. The first-order valence-corrected chi connectivity index (χ1v) is 9.68. The summed E-state index contributed by atoms with van der Waals surface area (Å²) in [5, 5.41) is 8.99. The van der Waals surface area contributed by atoms with E-state index < -0.39 is 6.61 Å². The molecule has 0 aromatic rings. The van der Waals surface area contributed by atoms with Crippen molar-refractivity contribution in [3.05, 3.63) is 0 Å². The minimum Gasteiger partial charge on any atom is -0.387 e. The molecule has 0 bridgehead atoms. The second-order valence-corrected chi connectivity index (χ2v) is 7.73. The first-order chi connectivity index (χ1) is 12.1. The molecule has 25 heavy (non-hydrogen) atoms. The fourth-order valence-corrected chi connectivity index (χ4v) is 4.41. The van der Waals surface area contributed by atoms with Gasteiger partial charge in [0.1, 0.15) is 6.61 Å². The number of likely N-dealkylation sites (tertiary alicyclic amines) is 2. The lowest BCUT2D eigenvalue weighted by molar-refractivity contribution is -0.139. The number of nitrogens with zero attached hydrogens (tertiary/aromatic N) is 4. The summed E-state index contributed by atoms with van der Waals surface area (Å²) in [6.07, 6.45) is 3.98. The number of piperazine rings is 1. The van der Waals surface area contributed by atoms with Gasteiger partial charge in [0.2, 0.25) is 11.8 Å². The van der Waals surface area contributed by atoms with Gasteiger partial charge in [0.05, 0.1) is 5.92 Å². The van der Waals surface area contributed by atoms with Crippen LogP contribution >= 0.6 is 0 Å². The number of carbonyl (C=O) groups excluding carboxylic acids is 2. The van der Waals surface area contributed by atoms with Crippen molar-refractivity contribution in [2.24, 2.45) is 5.92 Å². The van der Waals surface area contributed by atoms with Crippen LogP contribution in [0.2, 0.25) is 0 Å². The van der Waals surface area contributed by atoms with Gasteiger partial charge >= 0.3 is 0 Å². The molecule has 0 aliphatic carbocycles. The highest BCUT2D eigenvalue weighted by atomic mass is 16.3. The molecule has 3 aliphatic rings. The molecule has 0 aromatic heterocycles. The molecule has 0 radical (unpaired) electrons. The Labute approximate surface area is 150 Å². The number of aliphatic hydroxyl groups is 1. The number of carbonyl (C=O) groups is 2. The van der Waals surface area contributed by atoms with Crippen molar-refractivity contribution in [3.63, 3.8) is 0 Å². The summed E-state index contributed by atoms with van der Waals surface area (Å²) in [5.74, 6) is 0.306. The molecule has 7 heteroatoms. The fraction of sp³-hybridized carbons (Fsp3) is 0.889. The van der Waals surface area contributed by atoms with Crippen LogP contribution in [0.5, 0.6) is 0 Å². The van der Waals surface area contributed by atoms with Gasteiger partial charge in [0, 0.05) is 51.9 Å². The van der Waals surface area contributed by atoms with Gasteiger partial charge in [-0.25, -0.2) is 0 Å². The fourth-order valence-electron chi connectivity index (χ4n) is 4.41. The third-order valence-corrected chi connectivity index (χ3v) is 6.09. The highest BCUT2D eigenvalue weighted by molar-refractivity contribution is 5.79. The van der Waals surface area contributed by atoms with Gasteiger partial charge in [-0.1, -0.05) is 0 Å². The largest absolute Gasteiger partial charge is 0.387 e. The molecule has 7 nitrogen and oxygen atoms in total. The predicted molar refractivity (Wildman–Crippen MR) is 95.1 cm³/mol. The normalized spacial score (nSPS) is 27.5. The zero-order valence-corrected chi connectivity index (χ0v) is 15.4. The van der Waals surface area contributed by atoms with Gasteiger partial charge in [-0.05, 0) is 39.3 Å². The van der Waals surface area contributed by atoms with E-state index in [0.717, 1.165) is 78.0 Å². The summed E-state index contributed by atoms with van der Waals surface area (Å²) < 4.78 is 0. The zero-order chi connectivity index (χ0) is 17.8. The number of hydrogen-bond acceptors (Lipinski definition) is 5. The van der Waals surface area contributed by atoms with Crippen molar-refractivity contribution in [2.75, 3.05) is 66.0 Å². The maximum absolute atomic E-state index is 12.9. The SMILES string of the molecule is CN1CCN(C(=O)[C@@H]2CCCN(C3CCN(C(=O)CO)CC3)C2)CC1. The number of aliphatic hydroxyl groups excluding tert-OH is 1. The van der Waals surface area contributed by atoms with Gasteiger partial charge in [0.15, 0.2) is 0 Å². The van der Waals surface area contributed by atoms with E-state index in [4.69, 9.17) is 5.11 Å². The standard InChI is InChI=1S/C18H32N4O3/c1-19-9-11-21(12-10-19)18(25)15-3-2-6-22(13-15)16-4-7-20(8-5-16)17(24)14-23/h15-16,23H,2-14H2,1H3/t15-/m1/s1. The Bertz CT molecular complexity index is 471. The molecule has 142 valence electrons. The van der Waals surface area contributed by atoms with E-state index in [0.29, 0.717) is 11.9 Å². The van der Waals surface area contributed by atoms with E-state index in [-0.39, 0.29) is 11.8 Å². The molecule has 3 fully saturated rings. The topological polar surface area (TPSA) is 67.3 Å². The molecule has 3 rings (SSSR count). The smallest absolute Gasteiger partial charge is 0.248 e. The minimum atomic E-state index is -0.393. The van der Waals surface area contributed by atoms with Crippen LogP contribution in [0.1, 0.15) is 25.7 Å². The number of likely N-dealkylation sites (N-methyl/N-ethyl adjacent to an activating group) is 1. The molecule has 3 saturated heterocycles. The molecule has 0 saturated carbocycles. The van der Waals surface area contributed by atoms with E-state index in [1.54, 1.807) is 4.90 Å². The Morgan fingerprint density at radius 1 is 0.920 bits per heavy atom. The summed E-state index contributed by atoms with van der Waals surface area (Å²) in [6, 6.07) is 0.464.